The van der Waals surface area contributed by atoms with Crippen molar-refractivity contribution in [1.29, 1.82) is 0 Å². The maximum absolute atomic E-state index is 10.6. The molecule has 3 rings (SSSR count). The first-order valence-electron chi connectivity index (χ1n) is 10.3. The molecule has 0 spiro atoms. The van der Waals surface area contributed by atoms with Crippen molar-refractivity contribution in [2.24, 2.45) is 20.7 Å². The lowest BCUT2D eigenvalue weighted by Gasteiger charge is -2.32. The molecule has 1 fully saturated rings. The van der Waals surface area contributed by atoms with Crippen molar-refractivity contribution in [3.05, 3.63) is 0 Å². The number of rotatable bonds is 10. The summed E-state index contributed by atoms with van der Waals surface area (Å²) in [5.74, 6) is 0.587. The maximum Gasteiger partial charge on any atom is 0.162 e. The Morgan fingerprint density at radius 2 is 2.07 bits per heavy atom. The van der Waals surface area contributed by atoms with Crippen LogP contribution in [0, 0.1) is 0 Å². The van der Waals surface area contributed by atoms with Gasteiger partial charge < -0.3 is 30.3 Å². The number of aliphatic hydroxyl groups is 2. The van der Waals surface area contributed by atoms with Crippen molar-refractivity contribution < 1.29 is 19.7 Å². The molecule has 0 radical (unpaired) electrons. The topological polar surface area (TPSA) is 125 Å². The van der Waals surface area contributed by atoms with Gasteiger partial charge in [0.05, 0.1) is 6.61 Å². The lowest BCUT2D eigenvalue weighted by Crippen LogP contribution is -2.54. The Morgan fingerprint density at radius 1 is 1.32 bits per heavy atom. The van der Waals surface area contributed by atoms with Crippen LogP contribution >= 0.6 is 0 Å². The quantitative estimate of drug-likeness (QED) is 0.466. The molecule has 3 aliphatic rings. The number of unbranched alkanes of at least 4 members (excludes halogenated alkanes) is 5. The van der Waals surface area contributed by atoms with Crippen LogP contribution in [0.3, 0.4) is 0 Å². The van der Waals surface area contributed by atoms with Gasteiger partial charge in [0.2, 0.25) is 0 Å². The van der Waals surface area contributed by atoms with Gasteiger partial charge in [-0.3, -0.25) is 4.99 Å². The van der Waals surface area contributed by atoms with E-state index in [-0.39, 0.29) is 6.61 Å². The number of aliphatic hydroxyl groups excluding tert-OH is 2. The number of hydrogen-bond donors (Lipinski definition) is 3. The van der Waals surface area contributed by atoms with Gasteiger partial charge >= 0.3 is 0 Å². The van der Waals surface area contributed by atoms with Gasteiger partial charge in [-0.1, -0.05) is 39.0 Å². The van der Waals surface area contributed by atoms with Gasteiger partial charge in [0, 0.05) is 6.61 Å². The summed E-state index contributed by atoms with van der Waals surface area (Å²) >= 11 is 0. The number of aliphatic imine (C=N–C) groups is 3. The van der Waals surface area contributed by atoms with Crippen molar-refractivity contribution in [3.8, 4) is 0 Å². The van der Waals surface area contributed by atoms with Crippen molar-refractivity contribution in [2.75, 3.05) is 19.9 Å². The summed E-state index contributed by atoms with van der Waals surface area (Å²) in [5, 5.41) is 20.1. The van der Waals surface area contributed by atoms with Gasteiger partial charge in [-0.05, 0) is 13.3 Å². The molecule has 1 unspecified atom stereocenters. The second-order valence-corrected chi connectivity index (χ2v) is 7.80. The first-order valence-corrected chi connectivity index (χ1v) is 10.3. The number of ether oxygens (including phenoxy) is 2. The van der Waals surface area contributed by atoms with E-state index in [9.17, 15) is 10.2 Å². The molecule has 1 saturated heterocycles. The molecular weight excluding hydrogens is 362 g/mol. The van der Waals surface area contributed by atoms with Crippen LogP contribution in [0.15, 0.2) is 15.0 Å². The molecular formula is C19H33N5O4. The highest BCUT2D eigenvalue weighted by Crippen LogP contribution is 2.30. The van der Waals surface area contributed by atoms with Gasteiger partial charge in [0.1, 0.15) is 37.0 Å². The molecule has 0 aromatic rings. The first-order chi connectivity index (χ1) is 13.5. The maximum atomic E-state index is 10.6. The first kappa shape index (κ1) is 21.3. The molecule has 0 aromatic carbocycles. The van der Waals surface area contributed by atoms with Gasteiger partial charge in [0.15, 0.2) is 17.7 Å². The Kier molecular flexibility index (Phi) is 7.16. The van der Waals surface area contributed by atoms with E-state index in [1.165, 1.54) is 32.0 Å². The Labute approximate surface area is 166 Å². The molecule has 0 aliphatic carbocycles. The molecule has 0 amide bonds. The summed E-state index contributed by atoms with van der Waals surface area (Å²) in [7, 11) is 0. The average molecular weight is 396 g/mol. The van der Waals surface area contributed by atoms with Gasteiger partial charge in [-0.25, -0.2) is 9.98 Å². The molecule has 4 N–H and O–H groups in total. The Hall–Kier alpha value is -1.39. The van der Waals surface area contributed by atoms with E-state index in [1.807, 2.05) is 4.90 Å². The molecule has 3 heterocycles. The second-order valence-electron chi connectivity index (χ2n) is 7.80. The van der Waals surface area contributed by atoms with Crippen LogP contribution in [0.25, 0.3) is 0 Å². The van der Waals surface area contributed by atoms with Crippen molar-refractivity contribution in [3.63, 3.8) is 0 Å². The Bertz CT molecular complexity index is 621. The van der Waals surface area contributed by atoms with E-state index in [2.05, 4.69) is 21.9 Å². The highest BCUT2D eigenvalue weighted by Gasteiger charge is 2.50. The summed E-state index contributed by atoms with van der Waals surface area (Å²) in [6.07, 6.45) is 5.58. The molecule has 9 nitrogen and oxygen atoms in total. The molecule has 158 valence electrons. The number of nitrogens with two attached hydrogens (primary N) is 1. The summed E-state index contributed by atoms with van der Waals surface area (Å²) in [6.45, 7) is 4.53. The monoisotopic (exact) mass is 395 g/mol. The molecule has 0 saturated carbocycles. The van der Waals surface area contributed by atoms with Crippen molar-refractivity contribution in [2.45, 2.75) is 82.6 Å². The fourth-order valence-electron chi connectivity index (χ4n) is 3.81. The minimum atomic E-state index is -0.936. The zero-order valence-corrected chi connectivity index (χ0v) is 16.8. The number of hydrogen-bond acceptors (Lipinski definition) is 9. The fraction of sp³-hybridized carbons (Fsp3) is 0.842. The van der Waals surface area contributed by atoms with E-state index >= 15 is 0 Å². The zero-order chi connectivity index (χ0) is 20.1. The van der Waals surface area contributed by atoms with E-state index in [0.29, 0.717) is 24.8 Å². The molecule has 28 heavy (non-hydrogen) atoms. The van der Waals surface area contributed by atoms with E-state index in [4.69, 9.17) is 15.2 Å². The third-order valence-electron chi connectivity index (χ3n) is 5.46. The molecule has 9 heteroatoms. The number of nitrogens with zero attached hydrogens (tertiary/aromatic N) is 4. The third kappa shape index (κ3) is 4.44. The van der Waals surface area contributed by atoms with E-state index < -0.39 is 30.2 Å². The van der Waals surface area contributed by atoms with Crippen LogP contribution in [0.1, 0.15) is 52.4 Å². The van der Waals surface area contributed by atoms with Gasteiger partial charge in [-0.2, -0.15) is 0 Å². The molecule has 0 bridgehead atoms. The number of fused-ring (bicyclic) bond motifs is 1. The SMILES string of the molecule is CCCCCCCCO[C@@H]1[C@H](O)[C@@H](CO)O[C@H]1N1CN=C2C1=NC=NC2(C)N. The highest BCUT2D eigenvalue weighted by molar-refractivity contribution is 6.47. The summed E-state index contributed by atoms with van der Waals surface area (Å²) < 4.78 is 11.9. The second kappa shape index (κ2) is 9.41. The van der Waals surface area contributed by atoms with Crippen LogP contribution in [0.4, 0.5) is 0 Å². The Balaban J connectivity index is 1.61. The van der Waals surface area contributed by atoms with Crippen molar-refractivity contribution in [1.82, 2.24) is 4.90 Å². The molecule has 0 aromatic heterocycles. The minimum absolute atomic E-state index is 0.279. The van der Waals surface area contributed by atoms with E-state index in [0.717, 1.165) is 12.8 Å². The lowest BCUT2D eigenvalue weighted by molar-refractivity contribution is -0.0873. The largest absolute Gasteiger partial charge is 0.394 e. The summed E-state index contributed by atoms with van der Waals surface area (Å²) in [4.78, 5) is 14.8. The fourth-order valence-corrected chi connectivity index (χ4v) is 3.81. The predicted octanol–water partition coefficient (Wildman–Crippen LogP) is 0.640. The summed E-state index contributed by atoms with van der Waals surface area (Å²) in [6, 6.07) is 0. The van der Waals surface area contributed by atoms with Crippen LogP contribution in [-0.4, -0.2) is 83.1 Å². The molecule has 5 atom stereocenters. The normalized spacial score (nSPS) is 34.5. The van der Waals surface area contributed by atoms with Gasteiger partial charge in [0.25, 0.3) is 0 Å². The summed E-state index contributed by atoms with van der Waals surface area (Å²) in [5.41, 5.74) is 5.85. The minimum Gasteiger partial charge on any atom is -0.394 e. The smallest absolute Gasteiger partial charge is 0.162 e. The lowest BCUT2D eigenvalue weighted by atomic mass is 10.1. The van der Waals surface area contributed by atoms with E-state index in [1.54, 1.807) is 6.92 Å². The average Bonchev–Trinajstić information content (AvgIpc) is 3.23. The highest BCUT2D eigenvalue weighted by atomic mass is 16.6. The van der Waals surface area contributed by atoms with Crippen LogP contribution < -0.4 is 5.73 Å². The Morgan fingerprint density at radius 3 is 2.82 bits per heavy atom. The number of amidine groups is 1. The standard InChI is InChI=1S/C19H33N5O4/c1-3-4-5-6-7-8-9-27-15-14(26)13(10-25)28-18(15)24-12-22-16-17(24)21-11-23-19(16,2)20/h11,13-15,18,25-26H,3-10,12,20H2,1-2H3/t13-,14-,15-,18-,19?/m1/s1. The van der Waals surface area contributed by atoms with Gasteiger partial charge in [-0.15, -0.1) is 0 Å². The third-order valence-corrected chi connectivity index (χ3v) is 5.46. The molecule has 3 aliphatic heterocycles. The predicted molar refractivity (Wildman–Crippen MR) is 108 cm³/mol. The van der Waals surface area contributed by atoms with Crippen LogP contribution in [0.2, 0.25) is 0 Å². The van der Waals surface area contributed by atoms with Crippen LogP contribution in [0.5, 0.6) is 0 Å². The van der Waals surface area contributed by atoms with Crippen LogP contribution in [-0.2, 0) is 9.47 Å². The zero-order valence-electron chi connectivity index (χ0n) is 16.8. The van der Waals surface area contributed by atoms with Crippen molar-refractivity contribution >= 4 is 17.9 Å².